The third kappa shape index (κ3) is 4.82. The van der Waals surface area contributed by atoms with Crippen molar-refractivity contribution in [2.75, 3.05) is 44.8 Å². The number of aromatic amines is 1. The van der Waals surface area contributed by atoms with E-state index < -0.39 is 0 Å². The number of ether oxygens (including phenoxy) is 1. The van der Waals surface area contributed by atoms with Gasteiger partial charge in [-0.1, -0.05) is 6.92 Å². The average Bonchev–Trinajstić information content (AvgIpc) is 2.51. The molecule has 118 valence electrons. The van der Waals surface area contributed by atoms with Crippen LogP contribution in [-0.4, -0.2) is 49.9 Å². The average molecular weight is 294 g/mol. The molecule has 1 aromatic heterocycles. The fourth-order valence-electron chi connectivity index (χ4n) is 2.74. The van der Waals surface area contributed by atoms with Crippen molar-refractivity contribution in [2.45, 2.75) is 26.2 Å². The Morgan fingerprint density at radius 3 is 3.19 bits per heavy atom. The maximum atomic E-state index is 11.7. The largest absolute Gasteiger partial charge is 0.383 e. The molecule has 1 atom stereocenters. The Balaban J connectivity index is 1.94. The van der Waals surface area contributed by atoms with Gasteiger partial charge >= 0.3 is 0 Å². The van der Waals surface area contributed by atoms with Crippen molar-refractivity contribution in [1.29, 1.82) is 0 Å². The highest BCUT2D eigenvalue weighted by molar-refractivity contribution is 5.38. The van der Waals surface area contributed by atoms with Gasteiger partial charge in [-0.2, -0.15) is 0 Å². The van der Waals surface area contributed by atoms with Crippen LogP contribution in [0.25, 0.3) is 0 Å². The van der Waals surface area contributed by atoms with Gasteiger partial charge in [0.05, 0.1) is 6.61 Å². The monoisotopic (exact) mass is 294 g/mol. The van der Waals surface area contributed by atoms with Crippen molar-refractivity contribution in [3.8, 4) is 0 Å². The molecule has 21 heavy (non-hydrogen) atoms. The Morgan fingerprint density at radius 2 is 2.43 bits per heavy atom. The lowest BCUT2D eigenvalue weighted by Crippen LogP contribution is -2.41. The lowest BCUT2D eigenvalue weighted by Gasteiger charge is -2.33. The number of rotatable bonds is 7. The molecule has 1 aliphatic rings. The molecule has 1 saturated heterocycles. The molecule has 0 amide bonds. The summed E-state index contributed by atoms with van der Waals surface area (Å²) < 4.78 is 5.04. The number of anilines is 1. The molecule has 1 fully saturated rings. The van der Waals surface area contributed by atoms with E-state index in [1.54, 1.807) is 13.2 Å². The molecule has 1 aromatic rings. The zero-order valence-electron chi connectivity index (χ0n) is 13.0. The maximum Gasteiger partial charge on any atom is 0.252 e. The topological polar surface area (TPSA) is 70.2 Å². The Labute approximate surface area is 125 Å². The Bertz CT molecular complexity index is 489. The van der Waals surface area contributed by atoms with Gasteiger partial charge in [0, 0.05) is 39.2 Å². The molecule has 0 radical (unpaired) electrons. The molecule has 0 aromatic carbocycles. The molecule has 0 saturated carbocycles. The zero-order chi connectivity index (χ0) is 15.1. The number of methoxy groups -OCH3 is 1. The quantitative estimate of drug-likeness (QED) is 0.728. The van der Waals surface area contributed by atoms with E-state index in [0.717, 1.165) is 57.3 Å². The summed E-state index contributed by atoms with van der Waals surface area (Å²) in [7, 11) is 1.72. The van der Waals surface area contributed by atoms with Gasteiger partial charge in [-0.05, 0) is 25.3 Å². The predicted octanol–water partition coefficient (Wildman–Crippen LogP) is 0.785. The van der Waals surface area contributed by atoms with Crippen LogP contribution in [0.3, 0.4) is 0 Å². The minimum absolute atomic E-state index is 0.0582. The van der Waals surface area contributed by atoms with Crippen LogP contribution >= 0.6 is 0 Å². The lowest BCUT2D eigenvalue weighted by atomic mass is 9.98. The second-order valence-electron chi connectivity index (χ2n) is 5.56. The van der Waals surface area contributed by atoms with Gasteiger partial charge in [-0.3, -0.25) is 4.79 Å². The summed E-state index contributed by atoms with van der Waals surface area (Å²) in [4.78, 5) is 21.3. The summed E-state index contributed by atoms with van der Waals surface area (Å²) in [5.74, 6) is 2.18. The Hall–Kier alpha value is -1.40. The van der Waals surface area contributed by atoms with Crippen LogP contribution in [0.2, 0.25) is 0 Å². The van der Waals surface area contributed by atoms with E-state index >= 15 is 0 Å². The van der Waals surface area contributed by atoms with Gasteiger partial charge in [-0.25, -0.2) is 4.98 Å². The molecule has 6 heteroatoms. The fourth-order valence-corrected chi connectivity index (χ4v) is 2.74. The summed E-state index contributed by atoms with van der Waals surface area (Å²) in [6.07, 6.45) is 3.12. The van der Waals surface area contributed by atoms with Crippen molar-refractivity contribution in [1.82, 2.24) is 15.3 Å². The van der Waals surface area contributed by atoms with Crippen LogP contribution in [0, 0.1) is 5.92 Å². The van der Waals surface area contributed by atoms with Gasteiger partial charge in [0.15, 0.2) is 0 Å². The molecule has 6 nitrogen and oxygen atoms in total. The van der Waals surface area contributed by atoms with E-state index in [4.69, 9.17) is 4.74 Å². The second-order valence-corrected chi connectivity index (χ2v) is 5.56. The van der Waals surface area contributed by atoms with Crippen LogP contribution in [0.15, 0.2) is 10.9 Å². The van der Waals surface area contributed by atoms with E-state index in [1.165, 1.54) is 6.42 Å². The number of aromatic nitrogens is 2. The summed E-state index contributed by atoms with van der Waals surface area (Å²) >= 11 is 0. The zero-order valence-corrected chi connectivity index (χ0v) is 13.0. The van der Waals surface area contributed by atoms with Crippen molar-refractivity contribution in [3.05, 3.63) is 22.2 Å². The number of aryl methyl sites for hydroxylation is 1. The van der Waals surface area contributed by atoms with Crippen LogP contribution in [0.1, 0.15) is 25.6 Å². The van der Waals surface area contributed by atoms with Gasteiger partial charge in [0.25, 0.3) is 5.56 Å². The number of nitrogens with zero attached hydrogens (tertiary/aromatic N) is 2. The van der Waals surface area contributed by atoms with Gasteiger partial charge in [0.1, 0.15) is 11.6 Å². The first-order valence-corrected chi connectivity index (χ1v) is 7.77. The van der Waals surface area contributed by atoms with E-state index in [0.29, 0.717) is 5.92 Å². The standard InChI is InChI=1S/C15H26N4O2/c1-3-13-17-14(9-15(20)18-13)19-7-4-5-12(11-19)10-16-6-8-21-2/h9,12,16H,3-8,10-11H2,1-2H3,(H,17,18,20). The minimum Gasteiger partial charge on any atom is -0.383 e. The SMILES string of the molecule is CCc1nc(N2CCCC(CNCCOC)C2)cc(=O)[nH]1. The Kier molecular flexibility index (Phi) is 6.20. The summed E-state index contributed by atoms with van der Waals surface area (Å²) in [5.41, 5.74) is -0.0582. The molecule has 0 bridgehead atoms. The molecular formula is C15H26N4O2. The second kappa shape index (κ2) is 8.14. The van der Waals surface area contributed by atoms with Crippen LogP contribution in [-0.2, 0) is 11.2 Å². The van der Waals surface area contributed by atoms with Crippen molar-refractivity contribution in [2.24, 2.45) is 5.92 Å². The normalized spacial score (nSPS) is 19.0. The highest BCUT2D eigenvalue weighted by Gasteiger charge is 2.21. The fraction of sp³-hybridized carbons (Fsp3) is 0.733. The van der Waals surface area contributed by atoms with Crippen LogP contribution < -0.4 is 15.8 Å². The minimum atomic E-state index is -0.0582. The first-order chi connectivity index (χ1) is 10.2. The first-order valence-electron chi connectivity index (χ1n) is 7.77. The molecule has 1 aliphatic heterocycles. The summed E-state index contributed by atoms with van der Waals surface area (Å²) in [6, 6.07) is 1.61. The van der Waals surface area contributed by atoms with Crippen molar-refractivity contribution in [3.63, 3.8) is 0 Å². The summed E-state index contributed by atoms with van der Waals surface area (Å²) in [5, 5.41) is 3.42. The maximum absolute atomic E-state index is 11.7. The number of hydrogen-bond acceptors (Lipinski definition) is 5. The van der Waals surface area contributed by atoms with Crippen LogP contribution in [0.5, 0.6) is 0 Å². The van der Waals surface area contributed by atoms with E-state index in [-0.39, 0.29) is 5.56 Å². The first kappa shape index (κ1) is 16.0. The smallest absolute Gasteiger partial charge is 0.252 e. The predicted molar refractivity (Wildman–Crippen MR) is 83.9 cm³/mol. The van der Waals surface area contributed by atoms with E-state index in [2.05, 4.69) is 20.2 Å². The van der Waals surface area contributed by atoms with Gasteiger partial charge < -0.3 is 19.9 Å². The van der Waals surface area contributed by atoms with E-state index in [1.807, 2.05) is 6.92 Å². The van der Waals surface area contributed by atoms with E-state index in [9.17, 15) is 4.79 Å². The third-order valence-electron chi connectivity index (χ3n) is 3.87. The third-order valence-corrected chi connectivity index (χ3v) is 3.87. The van der Waals surface area contributed by atoms with Crippen LogP contribution in [0.4, 0.5) is 5.82 Å². The summed E-state index contributed by atoms with van der Waals surface area (Å²) in [6.45, 7) is 6.56. The molecule has 1 unspecified atom stereocenters. The van der Waals surface area contributed by atoms with Crippen molar-refractivity contribution >= 4 is 5.82 Å². The van der Waals surface area contributed by atoms with Gasteiger partial charge in [0.2, 0.25) is 0 Å². The lowest BCUT2D eigenvalue weighted by molar-refractivity contribution is 0.197. The molecular weight excluding hydrogens is 268 g/mol. The van der Waals surface area contributed by atoms with Gasteiger partial charge in [-0.15, -0.1) is 0 Å². The highest BCUT2D eigenvalue weighted by atomic mass is 16.5. The van der Waals surface area contributed by atoms with Crippen molar-refractivity contribution < 1.29 is 4.74 Å². The number of H-pyrrole nitrogens is 1. The molecule has 2 N–H and O–H groups in total. The molecule has 0 aliphatic carbocycles. The highest BCUT2D eigenvalue weighted by Crippen LogP contribution is 2.20. The Morgan fingerprint density at radius 1 is 1.57 bits per heavy atom. The number of hydrogen-bond donors (Lipinski definition) is 2. The molecule has 2 rings (SSSR count). The molecule has 0 spiro atoms. The molecule has 2 heterocycles. The number of piperidine rings is 1. The number of nitrogens with one attached hydrogen (secondary N) is 2.